The zero-order valence-corrected chi connectivity index (χ0v) is 14.8. The van der Waals surface area contributed by atoms with Crippen molar-refractivity contribution < 1.29 is 12.8 Å². The van der Waals surface area contributed by atoms with Crippen molar-refractivity contribution in [2.75, 3.05) is 12.0 Å². The lowest BCUT2D eigenvalue weighted by atomic mass is 10.0. The SMILES string of the molecule is CS(=O)(=O)c1ccc(-c2cnc(N)c3c(-c4ccccc4)coc23)cc1. The molecule has 4 aromatic rings. The number of aromatic nitrogens is 1. The van der Waals surface area contributed by atoms with Crippen LogP contribution in [0, 0.1) is 0 Å². The number of nitrogens with zero attached hydrogens (tertiary/aromatic N) is 1. The van der Waals surface area contributed by atoms with E-state index >= 15 is 0 Å². The van der Waals surface area contributed by atoms with Crippen LogP contribution in [0.3, 0.4) is 0 Å². The van der Waals surface area contributed by atoms with Gasteiger partial charge < -0.3 is 10.2 Å². The molecule has 0 unspecified atom stereocenters. The predicted octanol–water partition coefficient (Wildman–Crippen LogP) is 4.15. The smallest absolute Gasteiger partial charge is 0.175 e. The van der Waals surface area contributed by atoms with Gasteiger partial charge in [0, 0.05) is 23.6 Å². The second kappa shape index (κ2) is 6.00. The van der Waals surface area contributed by atoms with Crippen LogP contribution in [0.15, 0.2) is 76.4 Å². The molecule has 2 heterocycles. The molecule has 26 heavy (non-hydrogen) atoms. The number of hydrogen-bond donors (Lipinski definition) is 1. The maximum atomic E-state index is 11.7. The molecule has 0 aliphatic heterocycles. The first-order valence-corrected chi connectivity index (χ1v) is 9.86. The van der Waals surface area contributed by atoms with E-state index in [0.717, 1.165) is 27.6 Å². The highest BCUT2D eigenvalue weighted by atomic mass is 32.2. The van der Waals surface area contributed by atoms with Crippen LogP contribution >= 0.6 is 0 Å². The number of pyridine rings is 1. The predicted molar refractivity (Wildman–Crippen MR) is 102 cm³/mol. The molecule has 6 heteroatoms. The Morgan fingerprint density at radius 3 is 2.23 bits per heavy atom. The van der Waals surface area contributed by atoms with Crippen LogP contribution in [-0.2, 0) is 9.84 Å². The lowest BCUT2D eigenvalue weighted by molar-refractivity contribution is 0.602. The summed E-state index contributed by atoms with van der Waals surface area (Å²) < 4.78 is 29.1. The van der Waals surface area contributed by atoms with Crippen molar-refractivity contribution in [3.05, 3.63) is 67.1 Å². The molecule has 0 aliphatic carbocycles. The fourth-order valence-corrected chi connectivity index (χ4v) is 3.62. The maximum absolute atomic E-state index is 11.7. The van der Waals surface area contributed by atoms with E-state index in [9.17, 15) is 8.42 Å². The average molecular weight is 364 g/mol. The number of furan rings is 1. The van der Waals surface area contributed by atoms with E-state index in [4.69, 9.17) is 10.2 Å². The summed E-state index contributed by atoms with van der Waals surface area (Å²) >= 11 is 0. The molecule has 0 atom stereocenters. The van der Waals surface area contributed by atoms with Gasteiger partial charge in [-0.05, 0) is 23.3 Å². The van der Waals surface area contributed by atoms with Gasteiger partial charge in [-0.2, -0.15) is 0 Å². The summed E-state index contributed by atoms with van der Waals surface area (Å²) in [6, 6.07) is 16.5. The summed E-state index contributed by atoms with van der Waals surface area (Å²) in [6.45, 7) is 0. The highest BCUT2D eigenvalue weighted by molar-refractivity contribution is 7.90. The Kier molecular flexibility index (Phi) is 3.77. The van der Waals surface area contributed by atoms with Crippen molar-refractivity contribution in [3.63, 3.8) is 0 Å². The molecule has 0 fully saturated rings. The van der Waals surface area contributed by atoms with Crippen LogP contribution in [-0.4, -0.2) is 19.7 Å². The van der Waals surface area contributed by atoms with E-state index in [1.54, 1.807) is 36.7 Å². The van der Waals surface area contributed by atoms with Crippen LogP contribution in [0.4, 0.5) is 5.82 Å². The van der Waals surface area contributed by atoms with Crippen LogP contribution in [0.25, 0.3) is 33.2 Å². The second-order valence-electron chi connectivity index (χ2n) is 6.07. The number of fused-ring (bicyclic) bond motifs is 1. The molecule has 0 saturated heterocycles. The Labute approximate surface area is 151 Å². The van der Waals surface area contributed by atoms with Gasteiger partial charge in [0.05, 0.1) is 16.5 Å². The van der Waals surface area contributed by atoms with Crippen LogP contribution in [0.1, 0.15) is 0 Å². The van der Waals surface area contributed by atoms with Gasteiger partial charge in [-0.25, -0.2) is 13.4 Å². The zero-order chi connectivity index (χ0) is 18.3. The third kappa shape index (κ3) is 2.74. The number of hydrogen-bond acceptors (Lipinski definition) is 5. The molecule has 0 amide bonds. The average Bonchev–Trinajstić information content (AvgIpc) is 3.08. The van der Waals surface area contributed by atoms with E-state index in [1.807, 2.05) is 30.3 Å². The largest absolute Gasteiger partial charge is 0.463 e. The van der Waals surface area contributed by atoms with Crippen molar-refractivity contribution in [1.29, 1.82) is 0 Å². The number of nitrogens with two attached hydrogens (primary N) is 1. The van der Waals surface area contributed by atoms with E-state index < -0.39 is 9.84 Å². The minimum atomic E-state index is -3.24. The van der Waals surface area contributed by atoms with E-state index in [2.05, 4.69) is 4.98 Å². The molecule has 0 bridgehead atoms. The molecule has 0 aliphatic rings. The second-order valence-corrected chi connectivity index (χ2v) is 8.09. The lowest BCUT2D eigenvalue weighted by Gasteiger charge is -2.06. The van der Waals surface area contributed by atoms with Crippen molar-refractivity contribution in [3.8, 4) is 22.3 Å². The topological polar surface area (TPSA) is 86.2 Å². The van der Waals surface area contributed by atoms with Gasteiger partial charge in [0.2, 0.25) is 0 Å². The Bertz CT molecular complexity index is 1200. The van der Waals surface area contributed by atoms with Crippen molar-refractivity contribution in [1.82, 2.24) is 4.98 Å². The van der Waals surface area contributed by atoms with Gasteiger partial charge in [0.1, 0.15) is 11.4 Å². The Morgan fingerprint density at radius 2 is 1.58 bits per heavy atom. The van der Waals surface area contributed by atoms with Gasteiger partial charge in [0.25, 0.3) is 0 Å². The van der Waals surface area contributed by atoms with Crippen LogP contribution < -0.4 is 5.73 Å². The molecule has 0 spiro atoms. The molecular weight excluding hydrogens is 348 g/mol. The highest BCUT2D eigenvalue weighted by Crippen LogP contribution is 2.38. The normalized spacial score (nSPS) is 11.7. The van der Waals surface area contributed by atoms with Crippen molar-refractivity contribution >= 4 is 26.6 Å². The van der Waals surface area contributed by atoms with Gasteiger partial charge in [-0.1, -0.05) is 42.5 Å². The molecule has 130 valence electrons. The Balaban J connectivity index is 1.90. The summed E-state index contributed by atoms with van der Waals surface area (Å²) in [4.78, 5) is 4.58. The van der Waals surface area contributed by atoms with E-state index in [-0.39, 0.29) is 4.90 Å². The number of rotatable bonds is 3. The monoisotopic (exact) mass is 364 g/mol. The molecule has 4 rings (SSSR count). The third-order valence-corrected chi connectivity index (χ3v) is 5.43. The molecule has 5 nitrogen and oxygen atoms in total. The standard InChI is InChI=1S/C20H16N2O3S/c1-26(23,24)15-9-7-14(8-10-15)16-11-22-20(21)18-17(12-25-19(16)18)13-5-3-2-4-6-13/h2-12H,1H3,(H2,21,22). The van der Waals surface area contributed by atoms with Crippen LogP contribution in [0.5, 0.6) is 0 Å². The lowest BCUT2D eigenvalue weighted by Crippen LogP contribution is -1.96. The number of anilines is 1. The van der Waals surface area contributed by atoms with E-state index in [1.165, 1.54) is 6.26 Å². The minimum Gasteiger partial charge on any atom is -0.463 e. The quantitative estimate of drug-likeness (QED) is 0.590. The summed E-state index contributed by atoms with van der Waals surface area (Å²) in [6.07, 6.45) is 4.50. The molecule has 2 aromatic carbocycles. The maximum Gasteiger partial charge on any atom is 0.175 e. The van der Waals surface area contributed by atoms with Crippen LogP contribution in [0.2, 0.25) is 0 Å². The first-order chi connectivity index (χ1) is 12.4. The molecule has 2 N–H and O–H groups in total. The van der Waals surface area contributed by atoms with Crippen molar-refractivity contribution in [2.45, 2.75) is 4.90 Å². The third-order valence-electron chi connectivity index (χ3n) is 4.30. The van der Waals surface area contributed by atoms with Gasteiger partial charge >= 0.3 is 0 Å². The molecular formula is C20H16N2O3S. The highest BCUT2D eigenvalue weighted by Gasteiger charge is 2.17. The first kappa shape index (κ1) is 16.4. The molecule has 0 saturated carbocycles. The number of nitrogen functional groups attached to an aromatic ring is 1. The number of benzene rings is 2. The fourth-order valence-electron chi connectivity index (χ4n) is 2.99. The van der Waals surface area contributed by atoms with E-state index in [0.29, 0.717) is 11.4 Å². The summed E-state index contributed by atoms with van der Waals surface area (Å²) in [5.74, 6) is 0.393. The summed E-state index contributed by atoms with van der Waals surface area (Å²) in [7, 11) is -3.24. The zero-order valence-electron chi connectivity index (χ0n) is 14.0. The molecule has 0 radical (unpaired) electrons. The van der Waals surface area contributed by atoms with Gasteiger partial charge in [-0.15, -0.1) is 0 Å². The molecule has 2 aromatic heterocycles. The van der Waals surface area contributed by atoms with Gasteiger partial charge in [-0.3, -0.25) is 0 Å². The first-order valence-electron chi connectivity index (χ1n) is 7.97. The fraction of sp³-hybridized carbons (Fsp3) is 0.0500. The van der Waals surface area contributed by atoms with Crippen molar-refractivity contribution in [2.24, 2.45) is 0 Å². The Hall–Kier alpha value is -3.12. The Morgan fingerprint density at radius 1 is 0.923 bits per heavy atom. The number of sulfone groups is 1. The minimum absolute atomic E-state index is 0.269. The van der Waals surface area contributed by atoms with Gasteiger partial charge in [0.15, 0.2) is 9.84 Å². The summed E-state index contributed by atoms with van der Waals surface area (Å²) in [5, 5.41) is 0.751. The summed E-state index contributed by atoms with van der Waals surface area (Å²) in [5.41, 5.74) is 10.2.